The van der Waals surface area contributed by atoms with Gasteiger partial charge in [0.25, 0.3) is 0 Å². The molecule has 3 heteroatoms. The molecule has 0 bridgehead atoms. The van der Waals surface area contributed by atoms with Crippen LogP contribution in [0.5, 0.6) is 0 Å². The van der Waals surface area contributed by atoms with E-state index < -0.39 is 5.97 Å². The summed E-state index contributed by atoms with van der Waals surface area (Å²) in [4.78, 5) is 9.75. The maximum atomic E-state index is 9.75. The standard InChI is InChI=1S/C6H8O2.Li.H/c1-2-3-4-5-6(7)8;;/h2-5H,1H3,(H,7,8);;/b3-2+,5-4+;;. The number of hydrogen-bond acceptors (Lipinski definition) is 1. The van der Waals surface area contributed by atoms with Crippen LogP contribution in [0.3, 0.4) is 0 Å². The van der Waals surface area contributed by atoms with Crippen molar-refractivity contribution in [2.45, 2.75) is 6.92 Å². The van der Waals surface area contributed by atoms with Gasteiger partial charge in [0.1, 0.15) is 0 Å². The molecule has 2 nitrogen and oxygen atoms in total. The summed E-state index contributed by atoms with van der Waals surface area (Å²) in [6.45, 7) is 1.83. The number of carbonyl (C=O) groups is 1. The summed E-state index contributed by atoms with van der Waals surface area (Å²) in [5.41, 5.74) is 0. The fourth-order valence-electron chi connectivity index (χ4n) is 0.249. The quantitative estimate of drug-likeness (QED) is 0.328. The van der Waals surface area contributed by atoms with Gasteiger partial charge in [0.05, 0.1) is 0 Å². The van der Waals surface area contributed by atoms with Gasteiger partial charge < -0.3 is 5.11 Å². The molecular formula is C6H9LiO2. The fraction of sp³-hybridized carbons (Fsp3) is 0.167. The molecule has 0 unspecified atom stereocenters. The van der Waals surface area contributed by atoms with Gasteiger partial charge >= 0.3 is 24.8 Å². The van der Waals surface area contributed by atoms with Crippen LogP contribution in [-0.4, -0.2) is 29.9 Å². The molecule has 9 heavy (non-hydrogen) atoms. The average Bonchev–Trinajstić information content (AvgIpc) is 1.66. The predicted molar refractivity (Wildman–Crippen MR) is 38.7 cm³/mol. The first-order valence-electron chi connectivity index (χ1n) is 2.29. The Balaban J connectivity index is 0. The van der Waals surface area contributed by atoms with E-state index in [-0.39, 0.29) is 18.9 Å². The molecule has 0 aromatic carbocycles. The van der Waals surface area contributed by atoms with Gasteiger partial charge in [-0.2, -0.15) is 0 Å². The second-order valence-corrected chi connectivity index (χ2v) is 1.22. The van der Waals surface area contributed by atoms with Crippen LogP contribution in [0.2, 0.25) is 0 Å². The SMILES string of the molecule is C/C=C/C=C/C(=O)O.[LiH]. The Morgan fingerprint density at radius 2 is 2.00 bits per heavy atom. The molecule has 0 amide bonds. The van der Waals surface area contributed by atoms with Crippen LogP contribution in [0.15, 0.2) is 24.3 Å². The van der Waals surface area contributed by atoms with E-state index in [4.69, 9.17) is 5.11 Å². The number of hydrogen-bond donors (Lipinski definition) is 1. The first kappa shape index (κ1) is 11.4. The van der Waals surface area contributed by atoms with Crippen LogP contribution < -0.4 is 0 Å². The Bertz CT molecular complexity index is 127. The molecule has 0 radical (unpaired) electrons. The molecule has 0 spiro atoms. The summed E-state index contributed by atoms with van der Waals surface area (Å²) in [7, 11) is 0. The maximum absolute atomic E-state index is 9.75. The van der Waals surface area contributed by atoms with Crippen LogP contribution in [0.4, 0.5) is 0 Å². The summed E-state index contributed by atoms with van der Waals surface area (Å²) in [6, 6.07) is 0. The Hall–Kier alpha value is -0.453. The molecule has 0 atom stereocenters. The monoisotopic (exact) mass is 120 g/mol. The third kappa shape index (κ3) is 11.2. The van der Waals surface area contributed by atoms with Crippen molar-refractivity contribution in [3.8, 4) is 0 Å². The van der Waals surface area contributed by atoms with E-state index in [0.717, 1.165) is 6.08 Å². The number of carboxylic acids is 1. The van der Waals surface area contributed by atoms with Crippen molar-refractivity contribution in [3.63, 3.8) is 0 Å². The fourth-order valence-corrected chi connectivity index (χ4v) is 0.249. The third-order valence-corrected chi connectivity index (χ3v) is 0.542. The topological polar surface area (TPSA) is 37.3 Å². The van der Waals surface area contributed by atoms with Crippen molar-refractivity contribution in [3.05, 3.63) is 24.3 Å². The van der Waals surface area contributed by atoms with Crippen molar-refractivity contribution in [2.75, 3.05) is 0 Å². The minimum absolute atomic E-state index is 0. The Labute approximate surface area is 66.4 Å². The van der Waals surface area contributed by atoms with E-state index in [2.05, 4.69) is 0 Å². The van der Waals surface area contributed by atoms with Gasteiger partial charge in [-0.1, -0.05) is 18.2 Å². The van der Waals surface area contributed by atoms with Crippen LogP contribution in [0.25, 0.3) is 0 Å². The van der Waals surface area contributed by atoms with Crippen molar-refractivity contribution < 1.29 is 9.90 Å². The van der Waals surface area contributed by atoms with E-state index in [1.807, 2.05) is 6.92 Å². The molecule has 0 heterocycles. The van der Waals surface area contributed by atoms with E-state index in [0.29, 0.717) is 0 Å². The number of carboxylic acid groups (broad SMARTS) is 1. The summed E-state index contributed by atoms with van der Waals surface area (Å²) >= 11 is 0. The Kier molecular flexibility index (Phi) is 9.52. The molecule has 0 rings (SSSR count). The van der Waals surface area contributed by atoms with Crippen molar-refractivity contribution in [2.24, 2.45) is 0 Å². The van der Waals surface area contributed by atoms with Gasteiger partial charge in [0.15, 0.2) is 0 Å². The number of aliphatic carboxylic acids is 1. The van der Waals surface area contributed by atoms with Gasteiger partial charge in [-0.05, 0) is 6.92 Å². The molecule has 1 N–H and O–H groups in total. The predicted octanol–water partition coefficient (Wildman–Crippen LogP) is 0.555. The van der Waals surface area contributed by atoms with E-state index in [9.17, 15) is 4.79 Å². The van der Waals surface area contributed by atoms with Crippen LogP contribution >= 0.6 is 0 Å². The molecule has 0 fully saturated rings. The molecular weight excluding hydrogens is 111 g/mol. The van der Waals surface area contributed by atoms with E-state index in [1.54, 1.807) is 12.2 Å². The Morgan fingerprint density at radius 3 is 2.33 bits per heavy atom. The van der Waals surface area contributed by atoms with Crippen LogP contribution in [-0.2, 0) is 4.79 Å². The Morgan fingerprint density at radius 1 is 1.44 bits per heavy atom. The summed E-state index contributed by atoms with van der Waals surface area (Å²) in [5.74, 6) is -0.914. The number of rotatable bonds is 2. The van der Waals surface area contributed by atoms with E-state index in [1.165, 1.54) is 6.08 Å². The average molecular weight is 120 g/mol. The molecule has 46 valence electrons. The molecule has 0 aliphatic rings. The summed E-state index contributed by atoms with van der Waals surface area (Å²) in [6.07, 6.45) is 5.98. The zero-order valence-electron chi connectivity index (χ0n) is 4.66. The van der Waals surface area contributed by atoms with Gasteiger partial charge in [-0.25, -0.2) is 4.79 Å². The molecule has 0 saturated heterocycles. The second kappa shape index (κ2) is 7.55. The normalized spacial score (nSPS) is 9.89. The summed E-state index contributed by atoms with van der Waals surface area (Å²) in [5, 5.41) is 8.02. The first-order valence-corrected chi connectivity index (χ1v) is 2.29. The summed E-state index contributed by atoms with van der Waals surface area (Å²) < 4.78 is 0. The minimum atomic E-state index is -0.914. The second-order valence-electron chi connectivity index (χ2n) is 1.22. The van der Waals surface area contributed by atoms with Crippen molar-refractivity contribution >= 4 is 24.8 Å². The van der Waals surface area contributed by atoms with Gasteiger partial charge in [-0.3, -0.25) is 0 Å². The van der Waals surface area contributed by atoms with Gasteiger partial charge in [0, 0.05) is 6.08 Å². The molecule has 0 saturated carbocycles. The van der Waals surface area contributed by atoms with Crippen LogP contribution in [0.1, 0.15) is 6.92 Å². The van der Waals surface area contributed by atoms with Crippen molar-refractivity contribution in [1.82, 2.24) is 0 Å². The van der Waals surface area contributed by atoms with Gasteiger partial charge in [0.2, 0.25) is 0 Å². The molecule has 0 aromatic heterocycles. The molecule has 0 aliphatic heterocycles. The van der Waals surface area contributed by atoms with E-state index >= 15 is 0 Å². The van der Waals surface area contributed by atoms with Gasteiger partial charge in [-0.15, -0.1) is 0 Å². The third-order valence-electron chi connectivity index (χ3n) is 0.542. The zero-order valence-corrected chi connectivity index (χ0v) is 4.66. The zero-order chi connectivity index (χ0) is 6.41. The van der Waals surface area contributed by atoms with Crippen LogP contribution in [0, 0.1) is 0 Å². The molecule has 0 aliphatic carbocycles. The van der Waals surface area contributed by atoms with Crippen molar-refractivity contribution in [1.29, 1.82) is 0 Å². The number of allylic oxidation sites excluding steroid dienone is 3. The first-order chi connectivity index (χ1) is 3.77. The molecule has 0 aromatic rings.